The second kappa shape index (κ2) is 9.66. The third-order valence-electron chi connectivity index (χ3n) is 5.83. The first-order valence-electron chi connectivity index (χ1n) is 10.9. The third-order valence-corrected chi connectivity index (χ3v) is 6.81. The van der Waals surface area contributed by atoms with Gasteiger partial charge in [-0.15, -0.1) is 11.3 Å². The van der Waals surface area contributed by atoms with Crippen LogP contribution in [-0.4, -0.2) is 53.4 Å². The predicted molar refractivity (Wildman–Crippen MR) is 129 cm³/mol. The van der Waals surface area contributed by atoms with Gasteiger partial charge in [-0.05, 0) is 29.6 Å². The molecule has 5 rings (SSSR count). The van der Waals surface area contributed by atoms with Gasteiger partial charge < -0.3 is 10.1 Å². The summed E-state index contributed by atoms with van der Waals surface area (Å²) in [6, 6.07) is 20.5. The van der Waals surface area contributed by atoms with Crippen LogP contribution >= 0.6 is 11.3 Å². The number of hydrogen-bond acceptors (Lipinski definition) is 6. The minimum absolute atomic E-state index is 0.0594. The fourth-order valence-electron chi connectivity index (χ4n) is 4.15. The van der Waals surface area contributed by atoms with E-state index in [2.05, 4.69) is 26.8 Å². The van der Waals surface area contributed by atoms with E-state index in [-0.39, 0.29) is 23.2 Å². The van der Waals surface area contributed by atoms with Crippen molar-refractivity contribution in [3.8, 4) is 5.69 Å². The van der Waals surface area contributed by atoms with Crippen LogP contribution in [0.15, 0.2) is 76.9 Å². The Morgan fingerprint density at radius 1 is 1.00 bits per heavy atom. The SMILES string of the molecule is O=C(NCC(c1cccs1)N1CCOCC1)c1nn(-c2ccccc2)c(=O)c2ccccc12. The van der Waals surface area contributed by atoms with Gasteiger partial charge in [-0.25, -0.2) is 0 Å². The molecule has 33 heavy (non-hydrogen) atoms. The Morgan fingerprint density at radius 2 is 1.73 bits per heavy atom. The highest BCUT2D eigenvalue weighted by Gasteiger charge is 2.25. The molecule has 0 aliphatic carbocycles. The number of benzene rings is 2. The fraction of sp³-hybridized carbons (Fsp3) is 0.240. The van der Waals surface area contributed by atoms with E-state index in [1.54, 1.807) is 41.7 Å². The molecular formula is C25H24N4O3S. The monoisotopic (exact) mass is 460 g/mol. The standard InChI is InChI=1S/C25H24N4O3S/c30-24(26-17-21(22-11-6-16-33-22)28-12-14-32-15-13-28)23-19-9-4-5-10-20(19)25(31)29(27-23)18-7-2-1-3-8-18/h1-11,16,21H,12-15,17H2,(H,26,30). The van der Waals surface area contributed by atoms with Crippen LogP contribution in [-0.2, 0) is 4.74 Å². The Hall–Kier alpha value is -3.33. The van der Waals surface area contributed by atoms with E-state index >= 15 is 0 Å². The first-order chi connectivity index (χ1) is 16.2. The molecule has 0 spiro atoms. The van der Waals surface area contributed by atoms with Gasteiger partial charge in [0.25, 0.3) is 11.5 Å². The lowest BCUT2D eigenvalue weighted by Crippen LogP contribution is -2.43. The number of nitrogens with zero attached hydrogens (tertiary/aromatic N) is 3. The lowest BCUT2D eigenvalue weighted by molar-refractivity contribution is 0.0169. The van der Waals surface area contributed by atoms with Crippen LogP contribution in [0.5, 0.6) is 0 Å². The van der Waals surface area contributed by atoms with Crippen molar-refractivity contribution in [3.63, 3.8) is 0 Å². The molecule has 1 atom stereocenters. The number of thiophene rings is 1. The summed E-state index contributed by atoms with van der Waals surface area (Å²) in [5, 5.41) is 10.6. The van der Waals surface area contributed by atoms with Crippen molar-refractivity contribution >= 4 is 28.0 Å². The van der Waals surface area contributed by atoms with Gasteiger partial charge in [-0.2, -0.15) is 9.78 Å². The van der Waals surface area contributed by atoms with Gasteiger partial charge in [-0.3, -0.25) is 14.5 Å². The van der Waals surface area contributed by atoms with E-state index < -0.39 is 0 Å². The lowest BCUT2D eigenvalue weighted by Gasteiger charge is -2.34. The minimum Gasteiger partial charge on any atom is -0.379 e. The average molecular weight is 461 g/mol. The van der Waals surface area contributed by atoms with Crippen LogP contribution < -0.4 is 10.9 Å². The smallest absolute Gasteiger partial charge is 0.279 e. The number of carbonyl (C=O) groups excluding carboxylic acids is 1. The molecule has 0 bridgehead atoms. The second-order valence-corrected chi connectivity index (χ2v) is 8.82. The maximum Gasteiger partial charge on any atom is 0.279 e. The van der Waals surface area contributed by atoms with Crippen molar-refractivity contribution in [3.05, 3.63) is 93.0 Å². The summed E-state index contributed by atoms with van der Waals surface area (Å²) in [7, 11) is 0. The van der Waals surface area contributed by atoms with Crippen LogP contribution in [0.3, 0.4) is 0 Å². The van der Waals surface area contributed by atoms with E-state index in [0.29, 0.717) is 36.2 Å². The molecule has 0 saturated carbocycles. The topological polar surface area (TPSA) is 76.5 Å². The molecule has 168 valence electrons. The summed E-state index contributed by atoms with van der Waals surface area (Å²) < 4.78 is 6.81. The number of hydrogen-bond donors (Lipinski definition) is 1. The minimum atomic E-state index is -0.300. The Bertz CT molecular complexity index is 1300. The molecule has 1 N–H and O–H groups in total. The molecule has 1 aliphatic rings. The molecule has 1 aliphatic heterocycles. The van der Waals surface area contributed by atoms with E-state index in [1.807, 2.05) is 30.3 Å². The van der Waals surface area contributed by atoms with Crippen molar-refractivity contribution in [2.45, 2.75) is 6.04 Å². The molecule has 4 aromatic rings. The second-order valence-electron chi connectivity index (χ2n) is 7.84. The number of ether oxygens (including phenoxy) is 1. The summed E-state index contributed by atoms with van der Waals surface area (Å²) in [6.45, 7) is 3.45. The fourth-order valence-corrected chi connectivity index (χ4v) is 5.02. The Balaban J connectivity index is 1.48. The zero-order valence-corrected chi connectivity index (χ0v) is 18.8. The van der Waals surface area contributed by atoms with E-state index in [0.717, 1.165) is 13.1 Å². The molecule has 1 amide bonds. The van der Waals surface area contributed by atoms with Gasteiger partial charge in [0.05, 0.1) is 30.3 Å². The summed E-state index contributed by atoms with van der Waals surface area (Å²) in [5.74, 6) is -0.300. The molecule has 1 unspecified atom stereocenters. The van der Waals surface area contributed by atoms with Gasteiger partial charge in [0.2, 0.25) is 0 Å². The molecule has 1 saturated heterocycles. The zero-order valence-electron chi connectivity index (χ0n) is 18.0. The van der Waals surface area contributed by atoms with Gasteiger partial charge in [0, 0.05) is 29.9 Å². The number of nitrogens with one attached hydrogen (secondary N) is 1. The number of morpholine rings is 1. The van der Waals surface area contributed by atoms with Crippen LogP contribution in [0.2, 0.25) is 0 Å². The van der Waals surface area contributed by atoms with E-state index in [4.69, 9.17) is 4.74 Å². The van der Waals surface area contributed by atoms with E-state index in [1.165, 1.54) is 9.56 Å². The number of aromatic nitrogens is 2. The summed E-state index contributed by atoms with van der Waals surface area (Å²) in [4.78, 5) is 30.0. The number of fused-ring (bicyclic) bond motifs is 1. The van der Waals surface area contributed by atoms with Crippen molar-refractivity contribution in [2.24, 2.45) is 0 Å². The molecule has 2 aromatic carbocycles. The van der Waals surface area contributed by atoms with Crippen molar-refractivity contribution in [1.82, 2.24) is 20.0 Å². The number of amides is 1. The van der Waals surface area contributed by atoms with Gasteiger partial charge in [-0.1, -0.05) is 42.5 Å². The summed E-state index contributed by atoms with van der Waals surface area (Å²) in [6.07, 6.45) is 0. The highest BCUT2D eigenvalue weighted by molar-refractivity contribution is 7.10. The first-order valence-corrected chi connectivity index (χ1v) is 11.8. The molecular weight excluding hydrogens is 436 g/mol. The zero-order chi connectivity index (χ0) is 22.6. The van der Waals surface area contributed by atoms with Crippen LogP contribution in [0, 0.1) is 0 Å². The highest BCUT2D eigenvalue weighted by atomic mass is 32.1. The molecule has 7 nitrogen and oxygen atoms in total. The molecule has 1 fully saturated rings. The third kappa shape index (κ3) is 4.45. The molecule has 3 heterocycles. The number of para-hydroxylation sites is 1. The average Bonchev–Trinajstić information content (AvgIpc) is 3.40. The molecule has 8 heteroatoms. The lowest BCUT2D eigenvalue weighted by atomic mass is 10.1. The molecule has 0 radical (unpaired) electrons. The maximum absolute atomic E-state index is 13.4. The maximum atomic E-state index is 13.4. The van der Waals surface area contributed by atoms with Gasteiger partial charge in [0.1, 0.15) is 0 Å². The number of rotatable bonds is 6. The quantitative estimate of drug-likeness (QED) is 0.478. The summed E-state index contributed by atoms with van der Waals surface area (Å²) >= 11 is 1.68. The van der Waals surface area contributed by atoms with Crippen molar-refractivity contribution in [2.75, 3.05) is 32.8 Å². The van der Waals surface area contributed by atoms with Crippen LogP contribution in [0.4, 0.5) is 0 Å². The normalized spacial score (nSPS) is 15.4. The summed E-state index contributed by atoms with van der Waals surface area (Å²) in [5.41, 5.74) is 0.603. The first kappa shape index (κ1) is 21.5. The van der Waals surface area contributed by atoms with Gasteiger partial charge >= 0.3 is 0 Å². The highest BCUT2D eigenvalue weighted by Crippen LogP contribution is 2.25. The van der Waals surface area contributed by atoms with E-state index in [9.17, 15) is 9.59 Å². The number of carbonyl (C=O) groups is 1. The van der Waals surface area contributed by atoms with Crippen molar-refractivity contribution in [1.29, 1.82) is 0 Å². The van der Waals surface area contributed by atoms with Crippen molar-refractivity contribution < 1.29 is 9.53 Å². The van der Waals surface area contributed by atoms with Crippen LogP contribution in [0.25, 0.3) is 16.5 Å². The molecule has 2 aromatic heterocycles. The predicted octanol–water partition coefficient (Wildman–Crippen LogP) is 3.25. The largest absolute Gasteiger partial charge is 0.379 e. The Labute approximate surface area is 195 Å². The Kier molecular flexibility index (Phi) is 6.30. The van der Waals surface area contributed by atoms with Crippen LogP contribution in [0.1, 0.15) is 21.4 Å². The Morgan fingerprint density at radius 3 is 2.45 bits per heavy atom. The van der Waals surface area contributed by atoms with Gasteiger partial charge in [0.15, 0.2) is 5.69 Å².